The van der Waals surface area contributed by atoms with Gasteiger partial charge in [0.25, 0.3) is 0 Å². The summed E-state index contributed by atoms with van der Waals surface area (Å²) in [5.74, 6) is 0. The highest BCUT2D eigenvalue weighted by molar-refractivity contribution is 7.09. The number of rotatable bonds is 3. The van der Waals surface area contributed by atoms with Gasteiger partial charge >= 0.3 is 0 Å². The molecular formula is C7H8N4OS. The molecule has 2 rings (SSSR count). The van der Waals surface area contributed by atoms with Gasteiger partial charge in [-0.3, -0.25) is 4.98 Å². The summed E-state index contributed by atoms with van der Waals surface area (Å²) >= 11 is 1.52. The standard InChI is InChI=1S/C7H8N4OS/c12-7(6-3-9-11-10-6)1-5-2-8-4-13-5/h2-4,7,12H,1H2,(H,9,10,11). The topological polar surface area (TPSA) is 74.7 Å². The zero-order valence-electron chi connectivity index (χ0n) is 6.71. The zero-order chi connectivity index (χ0) is 9.10. The number of nitrogens with zero attached hydrogens (tertiary/aromatic N) is 3. The van der Waals surface area contributed by atoms with Crippen molar-refractivity contribution in [2.24, 2.45) is 0 Å². The molecule has 6 heteroatoms. The fourth-order valence-electron chi connectivity index (χ4n) is 1.01. The van der Waals surface area contributed by atoms with Gasteiger partial charge in [-0.25, -0.2) is 0 Å². The molecule has 0 aromatic carbocycles. The molecule has 0 aliphatic carbocycles. The van der Waals surface area contributed by atoms with Crippen molar-refractivity contribution in [3.63, 3.8) is 0 Å². The second-order valence-electron chi connectivity index (χ2n) is 2.58. The number of hydrogen-bond donors (Lipinski definition) is 2. The van der Waals surface area contributed by atoms with Crippen molar-refractivity contribution in [1.82, 2.24) is 20.4 Å². The lowest BCUT2D eigenvalue weighted by molar-refractivity contribution is 0.174. The highest BCUT2D eigenvalue weighted by Gasteiger charge is 2.11. The van der Waals surface area contributed by atoms with Crippen LogP contribution in [0.3, 0.4) is 0 Å². The molecule has 0 aliphatic rings. The smallest absolute Gasteiger partial charge is 0.111 e. The normalized spacial score (nSPS) is 13.0. The summed E-state index contributed by atoms with van der Waals surface area (Å²) in [4.78, 5) is 4.96. The molecule has 0 fully saturated rings. The lowest BCUT2D eigenvalue weighted by atomic mass is 10.2. The summed E-state index contributed by atoms with van der Waals surface area (Å²) in [5, 5.41) is 19.5. The number of H-pyrrole nitrogens is 1. The van der Waals surface area contributed by atoms with Gasteiger partial charge in [-0.05, 0) is 0 Å². The fraction of sp³-hybridized carbons (Fsp3) is 0.286. The average molecular weight is 196 g/mol. The minimum Gasteiger partial charge on any atom is -0.386 e. The number of aliphatic hydroxyl groups excluding tert-OH is 1. The molecule has 1 unspecified atom stereocenters. The van der Waals surface area contributed by atoms with Crippen molar-refractivity contribution in [3.8, 4) is 0 Å². The molecule has 68 valence electrons. The summed E-state index contributed by atoms with van der Waals surface area (Å²) in [6.07, 6.45) is 3.20. The molecule has 5 nitrogen and oxygen atoms in total. The van der Waals surface area contributed by atoms with Gasteiger partial charge in [-0.2, -0.15) is 15.4 Å². The SMILES string of the molecule is OC(Cc1cncs1)c1cn[nH]n1. The van der Waals surface area contributed by atoms with Gasteiger partial charge in [0.05, 0.1) is 11.7 Å². The van der Waals surface area contributed by atoms with Crippen LogP contribution >= 0.6 is 11.3 Å². The predicted molar refractivity (Wildman–Crippen MR) is 47.2 cm³/mol. The molecule has 0 amide bonds. The molecule has 0 saturated carbocycles. The average Bonchev–Trinajstić information content (AvgIpc) is 2.74. The van der Waals surface area contributed by atoms with Crippen LogP contribution in [-0.4, -0.2) is 25.5 Å². The fourth-order valence-corrected chi connectivity index (χ4v) is 1.64. The largest absolute Gasteiger partial charge is 0.386 e. The van der Waals surface area contributed by atoms with Gasteiger partial charge in [0, 0.05) is 17.5 Å². The Morgan fingerprint density at radius 2 is 2.46 bits per heavy atom. The van der Waals surface area contributed by atoms with Gasteiger partial charge in [-0.1, -0.05) is 0 Å². The van der Waals surface area contributed by atoms with Crippen molar-refractivity contribution >= 4 is 11.3 Å². The first kappa shape index (κ1) is 8.33. The second-order valence-corrected chi connectivity index (χ2v) is 3.55. The number of nitrogens with one attached hydrogen (secondary N) is 1. The van der Waals surface area contributed by atoms with Gasteiger partial charge in [0.1, 0.15) is 11.8 Å². The van der Waals surface area contributed by atoms with E-state index in [4.69, 9.17) is 0 Å². The van der Waals surface area contributed by atoms with Gasteiger partial charge in [0.2, 0.25) is 0 Å². The number of aliphatic hydroxyl groups is 1. The number of thiazole rings is 1. The van der Waals surface area contributed by atoms with E-state index in [1.165, 1.54) is 17.5 Å². The Labute approximate surface area is 78.5 Å². The third kappa shape index (κ3) is 1.90. The summed E-state index contributed by atoms with van der Waals surface area (Å²) in [7, 11) is 0. The summed E-state index contributed by atoms with van der Waals surface area (Å²) in [6, 6.07) is 0. The Morgan fingerprint density at radius 3 is 3.08 bits per heavy atom. The molecule has 0 radical (unpaired) electrons. The van der Waals surface area contributed by atoms with Crippen molar-refractivity contribution < 1.29 is 5.11 Å². The molecular weight excluding hydrogens is 188 g/mol. The van der Waals surface area contributed by atoms with Crippen LogP contribution in [0.15, 0.2) is 17.9 Å². The first-order valence-electron chi connectivity index (χ1n) is 3.77. The summed E-state index contributed by atoms with van der Waals surface area (Å²) in [6.45, 7) is 0. The molecule has 2 aromatic heterocycles. The minimum atomic E-state index is -0.598. The lowest BCUT2D eigenvalue weighted by Gasteiger charge is -2.03. The van der Waals surface area contributed by atoms with E-state index in [0.717, 1.165) is 4.88 Å². The maximum atomic E-state index is 9.64. The zero-order valence-corrected chi connectivity index (χ0v) is 7.53. The molecule has 0 aliphatic heterocycles. The van der Waals surface area contributed by atoms with Crippen LogP contribution in [0.5, 0.6) is 0 Å². The molecule has 13 heavy (non-hydrogen) atoms. The van der Waals surface area contributed by atoms with Crippen LogP contribution in [0, 0.1) is 0 Å². The molecule has 2 aromatic rings. The number of aromatic nitrogens is 4. The van der Waals surface area contributed by atoms with Crippen molar-refractivity contribution in [2.75, 3.05) is 0 Å². The van der Waals surface area contributed by atoms with E-state index >= 15 is 0 Å². The second kappa shape index (κ2) is 3.63. The van der Waals surface area contributed by atoms with Crippen LogP contribution in [0.4, 0.5) is 0 Å². The predicted octanol–water partition coefficient (Wildman–Crippen LogP) is 0.537. The first-order chi connectivity index (χ1) is 6.36. The minimum absolute atomic E-state index is 0.539. The van der Waals surface area contributed by atoms with Crippen LogP contribution in [-0.2, 0) is 6.42 Å². The maximum absolute atomic E-state index is 9.64. The monoisotopic (exact) mass is 196 g/mol. The van der Waals surface area contributed by atoms with Gasteiger partial charge in [-0.15, -0.1) is 11.3 Å². The van der Waals surface area contributed by atoms with Gasteiger partial charge in [0.15, 0.2) is 0 Å². The van der Waals surface area contributed by atoms with E-state index in [1.54, 1.807) is 11.7 Å². The molecule has 1 atom stereocenters. The molecule has 2 N–H and O–H groups in total. The number of aromatic amines is 1. The highest BCUT2D eigenvalue weighted by Crippen LogP contribution is 2.17. The molecule has 0 bridgehead atoms. The van der Waals surface area contributed by atoms with Crippen LogP contribution < -0.4 is 0 Å². The van der Waals surface area contributed by atoms with E-state index in [2.05, 4.69) is 20.4 Å². The Bertz CT molecular complexity index is 344. The molecule has 2 heterocycles. The summed E-state index contributed by atoms with van der Waals surface area (Å²) < 4.78 is 0. The van der Waals surface area contributed by atoms with Crippen LogP contribution in [0.1, 0.15) is 16.7 Å². The van der Waals surface area contributed by atoms with Crippen LogP contribution in [0.25, 0.3) is 0 Å². The van der Waals surface area contributed by atoms with E-state index in [9.17, 15) is 5.11 Å². The Morgan fingerprint density at radius 1 is 1.54 bits per heavy atom. The summed E-state index contributed by atoms with van der Waals surface area (Å²) in [5.41, 5.74) is 2.30. The third-order valence-electron chi connectivity index (χ3n) is 1.65. The molecule has 0 spiro atoms. The maximum Gasteiger partial charge on any atom is 0.111 e. The van der Waals surface area contributed by atoms with E-state index in [-0.39, 0.29) is 0 Å². The first-order valence-corrected chi connectivity index (χ1v) is 4.65. The number of hydrogen-bond acceptors (Lipinski definition) is 5. The van der Waals surface area contributed by atoms with Gasteiger partial charge < -0.3 is 5.11 Å². The van der Waals surface area contributed by atoms with Crippen molar-refractivity contribution in [2.45, 2.75) is 12.5 Å². The highest BCUT2D eigenvalue weighted by atomic mass is 32.1. The van der Waals surface area contributed by atoms with Crippen molar-refractivity contribution in [3.05, 3.63) is 28.5 Å². The Hall–Kier alpha value is -1.27. The molecule has 0 saturated heterocycles. The third-order valence-corrected chi connectivity index (χ3v) is 2.46. The Balaban J connectivity index is 2.04. The van der Waals surface area contributed by atoms with E-state index in [0.29, 0.717) is 12.1 Å². The quantitative estimate of drug-likeness (QED) is 0.751. The van der Waals surface area contributed by atoms with E-state index in [1.807, 2.05) is 0 Å². The lowest BCUT2D eigenvalue weighted by Crippen LogP contribution is -2.00. The van der Waals surface area contributed by atoms with Crippen LogP contribution in [0.2, 0.25) is 0 Å². The van der Waals surface area contributed by atoms with E-state index < -0.39 is 6.10 Å². The Kier molecular flexibility index (Phi) is 2.33. The van der Waals surface area contributed by atoms with Crippen molar-refractivity contribution in [1.29, 1.82) is 0 Å².